The normalized spacial score (nSPS) is 10.5. The molecule has 0 saturated heterocycles. The Hall–Kier alpha value is -2.63. The Balaban J connectivity index is 2.45. The minimum Gasteiger partial charge on any atom is -0.497 e. The van der Waals surface area contributed by atoms with Crippen molar-refractivity contribution < 1.29 is 28.2 Å². The van der Waals surface area contributed by atoms with Gasteiger partial charge in [-0.15, -0.1) is 0 Å². The van der Waals surface area contributed by atoms with Gasteiger partial charge >= 0.3 is 12.6 Å². The summed E-state index contributed by atoms with van der Waals surface area (Å²) >= 11 is 0. The number of rotatable bonds is 5. The van der Waals surface area contributed by atoms with Gasteiger partial charge in [-0.2, -0.15) is 8.78 Å². The topological polar surface area (TPSA) is 55.8 Å². The van der Waals surface area contributed by atoms with E-state index in [2.05, 4.69) is 4.74 Å². The standard InChI is InChI=1S/C15H12F2O4/c1-20-12-4-2-9(3-5-12)10-6-11(14(18)19)8-13(7-10)21-15(16)17/h2-8,15H,1H3,(H,18,19). The highest BCUT2D eigenvalue weighted by molar-refractivity contribution is 5.90. The molecule has 2 aromatic carbocycles. The van der Waals surface area contributed by atoms with Crippen molar-refractivity contribution >= 4 is 5.97 Å². The summed E-state index contributed by atoms with van der Waals surface area (Å²) in [5.41, 5.74) is 1.00. The summed E-state index contributed by atoms with van der Waals surface area (Å²) in [6, 6.07) is 10.6. The van der Waals surface area contributed by atoms with Crippen LogP contribution < -0.4 is 9.47 Å². The van der Waals surface area contributed by atoms with Crippen molar-refractivity contribution in [3.8, 4) is 22.6 Å². The molecular formula is C15H12F2O4. The predicted octanol–water partition coefficient (Wildman–Crippen LogP) is 3.66. The maximum Gasteiger partial charge on any atom is 0.387 e. The van der Waals surface area contributed by atoms with E-state index in [1.165, 1.54) is 19.2 Å². The zero-order valence-corrected chi connectivity index (χ0v) is 11.0. The Morgan fingerprint density at radius 2 is 1.71 bits per heavy atom. The van der Waals surface area contributed by atoms with Gasteiger partial charge in [0.05, 0.1) is 12.7 Å². The highest BCUT2D eigenvalue weighted by atomic mass is 19.3. The molecule has 6 heteroatoms. The molecule has 110 valence electrons. The molecule has 0 saturated carbocycles. The molecule has 2 aromatic rings. The van der Waals surface area contributed by atoms with E-state index in [1.807, 2.05) is 0 Å². The number of hydrogen-bond donors (Lipinski definition) is 1. The second-order valence-corrected chi connectivity index (χ2v) is 4.16. The second-order valence-electron chi connectivity index (χ2n) is 4.16. The summed E-state index contributed by atoms with van der Waals surface area (Å²) in [5, 5.41) is 9.03. The van der Waals surface area contributed by atoms with Crippen LogP contribution in [0.15, 0.2) is 42.5 Å². The number of carboxylic acid groups (broad SMARTS) is 1. The van der Waals surface area contributed by atoms with Crippen LogP contribution in [-0.4, -0.2) is 24.8 Å². The fourth-order valence-electron chi connectivity index (χ4n) is 1.84. The number of carboxylic acids is 1. The van der Waals surface area contributed by atoms with E-state index in [1.54, 1.807) is 24.3 Å². The fourth-order valence-corrected chi connectivity index (χ4v) is 1.84. The molecule has 0 aliphatic heterocycles. The van der Waals surface area contributed by atoms with Gasteiger partial charge in [0.1, 0.15) is 11.5 Å². The summed E-state index contributed by atoms with van der Waals surface area (Å²) in [6.07, 6.45) is 0. The highest BCUT2D eigenvalue weighted by Gasteiger charge is 2.12. The van der Waals surface area contributed by atoms with Crippen molar-refractivity contribution in [3.05, 3.63) is 48.0 Å². The maximum atomic E-state index is 12.3. The van der Waals surface area contributed by atoms with Crippen LogP contribution in [0.3, 0.4) is 0 Å². The SMILES string of the molecule is COc1ccc(-c2cc(OC(F)F)cc(C(=O)O)c2)cc1. The van der Waals surface area contributed by atoms with Crippen LogP contribution in [-0.2, 0) is 0 Å². The monoisotopic (exact) mass is 294 g/mol. The lowest BCUT2D eigenvalue weighted by molar-refractivity contribution is -0.0498. The van der Waals surface area contributed by atoms with E-state index in [0.29, 0.717) is 16.9 Å². The van der Waals surface area contributed by atoms with Crippen molar-refractivity contribution in [2.75, 3.05) is 7.11 Å². The van der Waals surface area contributed by atoms with E-state index in [9.17, 15) is 13.6 Å². The molecule has 1 N–H and O–H groups in total. The summed E-state index contributed by atoms with van der Waals surface area (Å²) in [5.74, 6) is -0.780. The summed E-state index contributed by atoms with van der Waals surface area (Å²) < 4.78 is 33.9. The van der Waals surface area contributed by atoms with Crippen molar-refractivity contribution in [2.45, 2.75) is 6.61 Å². The molecule has 0 heterocycles. The number of methoxy groups -OCH3 is 1. The molecule has 2 rings (SSSR count). The molecule has 21 heavy (non-hydrogen) atoms. The Morgan fingerprint density at radius 3 is 2.24 bits per heavy atom. The van der Waals surface area contributed by atoms with Gasteiger partial charge in [-0.05, 0) is 41.5 Å². The number of benzene rings is 2. The van der Waals surface area contributed by atoms with Gasteiger partial charge in [0, 0.05) is 0 Å². The Bertz CT molecular complexity index is 639. The molecule has 0 fully saturated rings. The predicted molar refractivity (Wildman–Crippen MR) is 72.0 cm³/mol. The number of carbonyl (C=O) groups is 1. The van der Waals surface area contributed by atoms with Gasteiger partial charge in [-0.3, -0.25) is 0 Å². The lowest BCUT2D eigenvalue weighted by Gasteiger charge is -2.09. The van der Waals surface area contributed by atoms with Crippen LogP contribution in [0.1, 0.15) is 10.4 Å². The van der Waals surface area contributed by atoms with Crippen LogP contribution in [0.2, 0.25) is 0 Å². The Morgan fingerprint density at radius 1 is 1.05 bits per heavy atom. The molecule has 0 unspecified atom stereocenters. The average molecular weight is 294 g/mol. The van der Waals surface area contributed by atoms with Crippen LogP contribution in [0.4, 0.5) is 8.78 Å². The number of hydrogen-bond acceptors (Lipinski definition) is 3. The summed E-state index contributed by atoms with van der Waals surface area (Å²) in [6.45, 7) is -3.02. The molecule has 0 atom stereocenters. The quantitative estimate of drug-likeness (QED) is 0.914. The first-order valence-electron chi connectivity index (χ1n) is 5.97. The lowest BCUT2D eigenvalue weighted by atomic mass is 10.0. The van der Waals surface area contributed by atoms with Crippen LogP contribution >= 0.6 is 0 Å². The van der Waals surface area contributed by atoms with E-state index in [0.717, 1.165) is 6.07 Å². The smallest absolute Gasteiger partial charge is 0.387 e. The first-order chi connectivity index (χ1) is 9.99. The molecule has 0 amide bonds. The molecule has 0 bridgehead atoms. The van der Waals surface area contributed by atoms with Crippen molar-refractivity contribution in [3.63, 3.8) is 0 Å². The van der Waals surface area contributed by atoms with E-state index in [4.69, 9.17) is 9.84 Å². The number of ether oxygens (including phenoxy) is 2. The average Bonchev–Trinajstić information content (AvgIpc) is 2.46. The van der Waals surface area contributed by atoms with E-state index < -0.39 is 12.6 Å². The molecule has 0 aliphatic carbocycles. The molecule has 0 radical (unpaired) electrons. The van der Waals surface area contributed by atoms with E-state index in [-0.39, 0.29) is 11.3 Å². The van der Waals surface area contributed by atoms with Crippen LogP contribution in [0.5, 0.6) is 11.5 Å². The van der Waals surface area contributed by atoms with Crippen molar-refractivity contribution in [1.82, 2.24) is 0 Å². The molecule has 0 aromatic heterocycles. The molecular weight excluding hydrogens is 282 g/mol. The zero-order chi connectivity index (χ0) is 15.4. The number of aromatic carboxylic acids is 1. The van der Waals surface area contributed by atoms with Gasteiger partial charge in [-0.25, -0.2) is 4.79 Å². The molecule has 0 spiro atoms. The third-order valence-corrected chi connectivity index (χ3v) is 2.80. The number of halogens is 2. The minimum absolute atomic E-state index is 0.126. The third kappa shape index (κ3) is 3.68. The number of alkyl halides is 2. The fraction of sp³-hybridized carbons (Fsp3) is 0.133. The third-order valence-electron chi connectivity index (χ3n) is 2.80. The van der Waals surface area contributed by atoms with Gasteiger partial charge < -0.3 is 14.6 Å². The molecule has 4 nitrogen and oxygen atoms in total. The van der Waals surface area contributed by atoms with Gasteiger partial charge in [0.15, 0.2) is 0 Å². The lowest BCUT2D eigenvalue weighted by Crippen LogP contribution is -2.04. The Kier molecular flexibility index (Phi) is 4.37. The first-order valence-corrected chi connectivity index (χ1v) is 5.97. The second kappa shape index (κ2) is 6.21. The van der Waals surface area contributed by atoms with Crippen molar-refractivity contribution in [1.29, 1.82) is 0 Å². The van der Waals surface area contributed by atoms with Crippen molar-refractivity contribution in [2.24, 2.45) is 0 Å². The minimum atomic E-state index is -3.02. The summed E-state index contributed by atoms with van der Waals surface area (Å²) in [4.78, 5) is 11.1. The Labute approximate surface area is 119 Å². The first kappa shape index (κ1) is 14.8. The van der Waals surface area contributed by atoms with E-state index >= 15 is 0 Å². The van der Waals surface area contributed by atoms with Gasteiger partial charge in [-0.1, -0.05) is 12.1 Å². The molecule has 0 aliphatic rings. The highest BCUT2D eigenvalue weighted by Crippen LogP contribution is 2.28. The van der Waals surface area contributed by atoms with Crippen LogP contribution in [0.25, 0.3) is 11.1 Å². The zero-order valence-electron chi connectivity index (χ0n) is 11.0. The largest absolute Gasteiger partial charge is 0.497 e. The maximum absolute atomic E-state index is 12.3. The summed E-state index contributed by atoms with van der Waals surface area (Å²) in [7, 11) is 1.52. The van der Waals surface area contributed by atoms with Gasteiger partial charge in [0.2, 0.25) is 0 Å². The van der Waals surface area contributed by atoms with Crippen LogP contribution in [0, 0.1) is 0 Å². The van der Waals surface area contributed by atoms with Gasteiger partial charge in [0.25, 0.3) is 0 Å².